The zero-order valence-corrected chi connectivity index (χ0v) is 13.7. The predicted molar refractivity (Wildman–Crippen MR) is 96.1 cm³/mol. The normalized spacial score (nSPS) is 14.0. The van der Waals surface area contributed by atoms with Crippen LogP contribution in [0.3, 0.4) is 0 Å². The maximum Gasteiger partial charge on any atom is 0.411 e. The molecule has 0 aliphatic carbocycles. The molecule has 1 aliphatic rings. The molecule has 0 radical (unpaired) electrons. The van der Waals surface area contributed by atoms with Gasteiger partial charge in [0.15, 0.2) is 0 Å². The topological polar surface area (TPSA) is 35.6 Å². The number of rotatable bonds is 5. The van der Waals surface area contributed by atoms with Crippen molar-refractivity contribution in [2.45, 2.75) is 6.42 Å². The van der Waals surface area contributed by atoms with Gasteiger partial charge in [0.2, 0.25) is 5.91 Å². The first-order valence-electron chi connectivity index (χ1n) is 8.03. The molecule has 0 spiro atoms. The fourth-order valence-electron chi connectivity index (χ4n) is 2.98. The van der Waals surface area contributed by atoms with Crippen LogP contribution in [-0.2, 0) is 0 Å². The first-order chi connectivity index (χ1) is 11.2. The van der Waals surface area contributed by atoms with E-state index in [1.54, 1.807) is 0 Å². The Morgan fingerprint density at radius 2 is 1.74 bits per heavy atom. The number of carbonyl (C=O) groups excluding carboxylic acids is 1. The van der Waals surface area contributed by atoms with Crippen LogP contribution in [0.15, 0.2) is 54.6 Å². The molecular weight excluding hydrogens is 285 g/mol. The lowest BCUT2D eigenvalue weighted by atomic mass is 9.63. The summed E-state index contributed by atoms with van der Waals surface area (Å²) in [6.45, 7) is 1.59. The molecule has 1 heterocycles. The van der Waals surface area contributed by atoms with Crippen molar-refractivity contribution >= 4 is 24.0 Å². The maximum absolute atomic E-state index is 12.9. The minimum Gasteiger partial charge on any atom is -0.405 e. The molecule has 3 rings (SSSR count). The number of benzene rings is 2. The van der Waals surface area contributed by atoms with Crippen molar-refractivity contribution in [2.24, 2.45) is 0 Å². The molecule has 0 saturated carbocycles. The molecular formula is C18H22BN3O. The summed E-state index contributed by atoms with van der Waals surface area (Å²) in [6.07, 6.45) is 0.950. The summed E-state index contributed by atoms with van der Waals surface area (Å²) < 4.78 is 0. The zero-order chi connectivity index (χ0) is 16.2. The van der Waals surface area contributed by atoms with E-state index >= 15 is 0 Å². The number of nitrogens with zero attached hydrogens (tertiary/aromatic N) is 2. The third-order valence-corrected chi connectivity index (χ3v) is 4.14. The van der Waals surface area contributed by atoms with Crippen molar-refractivity contribution in [3.8, 4) is 0 Å². The van der Waals surface area contributed by atoms with E-state index in [1.165, 1.54) is 0 Å². The highest BCUT2D eigenvalue weighted by atomic mass is 16.2. The van der Waals surface area contributed by atoms with E-state index in [0.717, 1.165) is 36.2 Å². The molecule has 5 heteroatoms. The van der Waals surface area contributed by atoms with Gasteiger partial charge < -0.3 is 14.9 Å². The van der Waals surface area contributed by atoms with Crippen LogP contribution < -0.4 is 10.7 Å². The number of para-hydroxylation sites is 1. The van der Waals surface area contributed by atoms with Crippen LogP contribution in [0.25, 0.3) is 0 Å². The van der Waals surface area contributed by atoms with Crippen LogP contribution in [0.2, 0.25) is 0 Å². The summed E-state index contributed by atoms with van der Waals surface area (Å²) in [4.78, 5) is 17.0. The van der Waals surface area contributed by atoms with Crippen molar-refractivity contribution < 1.29 is 4.79 Å². The molecule has 118 valence electrons. The van der Waals surface area contributed by atoms with Gasteiger partial charge in [0.05, 0.1) is 5.56 Å². The van der Waals surface area contributed by atoms with E-state index in [-0.39, 0.29) is 12.9 Å². The second-order valence-corrected chi connectivity index (χ2v) is 6.16. The van der Waals surface area contributed by atoms with Gasteiger partial charge in [-0.25, -0.2) is 0 Å². The third kappa shape index (κ3) is 3.40. The van der Waals surface area contributed by atoms with Crippen LogP contribution in [0, 0.1) is 0 Å². The zero-order valence-electron chi connectivity index (χ0n) is 13.7. The highest BCUT2D eigenvalue weighted by Crippen LogP contribution is 2.23. The standard InChI is InChI=1S/C18H22BN3O/c1-21(2)13-8-14-22-18(23)16-11-6-7-12-17(16)20-19(22)15-9-4-3-5-10-15/h3-7,9-12,20H,8,13-14H2,1-2H3. The van der Waals surface area contributed by atoms with Crippen LogP contribution in [0.4, 0.5) is 5.69 Å². The van der Waals surface area contributed by atoms with Crippen LogP contribution in [0.1, 0.15) is 16.8 Å². The summed E-state index contributed by atoms with van der Waals surface area (Å²) >= 11 is 0. The molecule has 0 bridgehead atoms. The van der Waals surface area contributed by atoms with Crippen molar-refractivity contribution in [3.63, 3.8) is 0 Å². The smallest absolute Gasteiger partial charge is 0.405 e. The molecule has 2 aromatic rings. The molecule has 0 fully saturated rings. The SMILES string of the molecule is CN(C)CCCN1B(c2ccccc2)Nc2ccccc2C1=O. The molecule has 1 N–H and O–H groups in total. The number of amides is 1. The third-order valence-electron chi connectivity index (χ3n) is 4.14. The van der Waals surface area contributed by atoms with Gasteiger partial charge >= 0.3 is 6.98 Å². The molecule has 4 nitrogen and oxygen atoms in total. The number of hydrogen-bond acceptors (Lipinski definition) is 3. The van der Waals surface area contributed by atoms with E-state index in [2.05, 4.69) is 36.4 Å². The van der Waals surface area contributed by atoms with Crippen molar-refractivity contribution in [1.82, 2.24) is 9.71 Å². The lowest BCUT2D eigenvalue weighted by Gasteiger charge is -2.35. The monoisotopic (exact) mass is 307 g/mol. The Labute approximate surface area is 138 Å². The molecule has 0 aromatic heterocycles. The number of fused-ring (bicyclic) bond motifs is 1. The summed E-state index contributed by atoms with van der Waals surface area (Å²) in [7, 11) is 4.11. The molecule has 2 aromatic carbocycles. The van der Waals surface area contributed by atoms with Crippen LogP contribution in [0.5, 0.6) is 0 Å². The second kappa shape index (κ2) is 6.88. The Balaban J connectivity index is 1.90. The molecule has 1 amide bonds. The fourth-order valence-corrected chi connectivity index (χ4v) is 2.98. The van der Waals surface area contributed by atoms with Gasteiger partial charge in [-0.1, -0.05) is 42.5 Å². The first kappa shape index (κ1) is 15.6. The lowest BCUT2D eigenvalue weighted by molar-refractivity contribution is 0.0851. The molecule has 0 unspecified atom stereocenters. The summed E-state index contributed by atoms with van der Waals surface area (Å²) in [6, 6.07) is 17.9. The quantitative estimate of drug-likeness (QED) is 0.857. The molecule has 1 aliphatic heterocycles. The van der Waals surface area contributed by atoms with Crippen LogP contribution >= 0.6 is 0 Å². The Bertz CT molecular complexity index is 675. The van der Waals surface area contributed by atoms with Gasteiger partial charge in [-0.2, -0.15) is 0 Å². The number of anilines is 1. The summed E-state index contributed by atoms with van der Waals surface area (Å²) in [5, 5.41) is 3.52. The number of nitrogens with one attached hydrogen (secondary N) is 1. The summed E-state index contributed by atoms with van der Waals surface area (Å²) in [5.41, 5.74) is 2.78. The fraction of sp³-hybridized carbons (Fsp3) is 0.278. The minimum absolute atomic E-state index is 0.104. The lowest BCUT2D eigenvalue weighted by Crippen LogP contribution is -2.59. The van der Waals surface area contributed by atoms with E-state index in [1.807, 2.05) is 47.3 Å². The average molecular weight is 307 g/mol. The summed E-state index contributed by atoms with van der Waals surface area (Å²) in [5.74, 6) is 0.104. The van der Waals surface area contributed by atoms with Gasteiger partial charge in [0.25, 0.3) is 0 Å². The van der Waals surface area contributed by atoms with Crippen molar-refractivity contribution in [1.29, 1.82) is 0 Å². The van der Waals surface area contributed by atoms with Crippen molar-refractivity contribution in [3.05, 3.63) is 60.2 Å². The predicted octanol–water partition coefficient (Wildman–Crippen LogP) is 1.90. The molecule has 0 atom stereocenters. The van der Waals surface area contributed by atoms with Gasteiger partial charge in [0, 0.05) is 12.2 Å². The number of carbonyl (C=O) groups is 1. The Hall–Kier alpha value is -2.27. The highest BCUT2D eigenvalue weighted by molar-refractivity contribution is 6.76. The molecule has 0 saturated heterocycles. The van der Waals surface area contributed by atoms with Crippen molar-refractivity contribution in [2.75, 3.05) is 32.4 Å². The average Bonchev–Trinajstić information content (AvgIpc) is 2.57. The molecule has 23 heavy (non-hydrogen) atoms. The van der Waals surface area contributed by atoms with E-state index in [4.69, 9.17) is 0 Å². The van der Waals surface area contributed by atoms with Gasteiger partial charge in [-0.15, -0.1) is 0 Å². The second-order valence-electron chi connectivity index (χ2n) is 6.16. The number of hydrogen-bond donors (Lipinski definition) is 1. The van der Waals surface area contributed by atoms with E-state index in [9.17, 15) is 4.79 Å². The van der Waals surface area contributed by atoms with Gasteiger partial charge in [0.1, 0.15) is 0 Å². The van der Waals surface area contributed by atoms with E-state index < -0.39 is 0 Å². The maximum atomic E-state index is 12.9. The van der Waals surface area contributed by atoms with E-state index in [0.29, 0.717) is 0 Å². The van der Waals surface area contributed by atoms with Gasteiger partial charge in [-0.3, -0.25) is 4.79 Å². The minimum atomic E-state index is -0.110. The first-order valence-corrected chi connectivity index (χ1v) is 8.03. The van der Waals surface area contributed by atoms with Crippen LogP contribution in [-0.4, -0.2) is 49.8 Å². The highest BCUT2D eigenvalue weighted by Gasteiger charge is 2.36. The largest absolute Gasteiger partial charge is 0.411 e. The van der Waals surface area contributed by atoms with Gasteiger partial charge in [-0.05, 0) is 44.7 Å². The Kier molecular flexibility index (Phi) is 4.67. The Morgan fingerprint density at radius 1 is 1.04 bits per heavy atom. The Morgan fingerprint density at radius 3 is 2.48 bits per heavy atom.